The van der Waals surface area contributed by atoms with Gasteiger partial charge in [0.15, 0.2) is 0 Å². The number of ketones is 1. The van der Waals surface area contributed by atoms with E-state index in [9.17, 15) is 4.79 Å². The van der Waals surface area contributed by atoms with Gasteiger partial charge in [0.05, 0.1) is 16.3 Å². The van der Waals surface area contributed by atoms with Crippen molar-refractivity contribution in [2.45, 2.75) is 19.8 Å². The molecule has 3 rings (SSSR count). The van der Waals surface area contributed by atoms with Crippen LogP contribution in [0.2, 0.25) is 0 Å². The van der Waals surface area contributed by atoms with Crippen molar-refractivity contribution in [1.29, 1.82) is 0 Å². The summed E-state index contributed by atoms with van der Waals surface area (Å²) in [6.07, 6.45) is 2.73. The first-order valence-electron chi connectivity index (χ1n) is 9.75. The summed E-state index contributed by atoms with van der Waals surface area (Å²) >= 11 is 0. The number of carbonyl (C=O) groups is 1. The molecule has 0 spiro atoms. The van der Waals surface area contributed by atoms with E-state index in [2.05, 4.69) is 91.0 Å². The Morgan fingerprint density at radius 1 is 0.767 bits per heavy atom. The highest BCUT2D eigenvalue weighted by Gasteiger charge is 2.44. The van der Waals surface area contributed by atoms with Crippen LogP contribution in [0.5, 0.6) is 0 Å². The van der Waals surface area contributed by atoms with Gasteiger partial charge in [0.2, 0.25) is 0 Å². The second-order valence-corrected chi connectivity index (χ2v) is 11.9. The summed E-state index contributed by atoms with van der Waals surface area (Å²) in [5.74, 6) is 0.340. The van der Waals surface area contributed by atoms with Crippen LogP contribution < -0.4 is 15.9 Å². The predicted octanol–water partition coefficient (Wildman–Crippen LogP) is 3.51. The molecule has 0 atom stereocenters. The fourth-order valence-electron chi connectivity index (χ4n) is 3.35. The maximum absolute atomic E-state index is 12.2. The Labute approximate surface area is 180 Å². The summed E-state index contributed by atoms with van der Waals surface area (Å²) in [7, 11) is -5.76. The predicted molar refractivity (Wildman–Crippen MR) is 126 cm³/mol. The van der Waals surface area contributed by atoms with Crippen LogP contribution in [0.25, 0.3) is 0 Å². The SMILES string of the molecule is CCC(=O)CC[P+](c1ccccc1)(c1ccccc1)c1ccccc1.CS(=O)(=O)[O-]. The van der Waals surface area contributed by atoms with E-state index in [-0.39, 0.29) is 0 Å². The Kier molecular flexibility index (Phi) is 8.91. The van der Waals surface area contributed by atoms with Gasteiger partial charge in [-0.05, 0) is 36.4 Å². The maximum atomic E-state index is 12.2. The summed E-state index contributed by atoms with van der Waals surface area (Å²) < 4.78 is 27.2. The van der Waals surface area contributed by atoms with Crippen LogP contribution in [0.1, 0.15) is 19.8 Å². The molecule has 0 fully saturated rings. The third-order valence-corrected chi connectivity index (χ3v) is 9.14. The molecule has 30 heavy (non-hydrogen) atoms. The van der Waals surface area contributed by atoms with Crippen molar-refractivity contribution < 1.29 is 17.8 Å². The molecule has 0 radical (unpaired) electrons. The van der Waals surface area contributed by atoms with Gasteiger partial charge >= 0.3 is 0 Å². The van der Waals surface area contributed by atoms with Crippen molar-refractivity contribution in [1.82, 2.24) is 0 Å². The summed E-state index contributed by atoms with van der Waals surface area (Å²) in [4.78, 5) is 12.2. The third kappa shape index (κ3) is 6.88. The minimum Gasteiger partial charge on any atom is -0.748 e. The van der Waals surface area contributed by atoms with E-state index < -0.39 is 17.4 Å². The Morgan fingerprint density at radius 3 is 1.33 bits per heavy atom. The van der Waals surface area contributed by atoms with Gasteiger partial charge in [0.25, 0.3) is 0 Å². The molecule has 3 aromatic carbocycles. The summed E-state index contributed by atoms with van der Waals surface area (Å²) in [5.41, 5.74) is 0. The van der Waals surface area contributed by atoms with Crippen molar-refractivity contribution in [2.24, 2.45) is 0 Å². The smallest absolute Gasteiger partial charge is 0.136 e. The van der Waals surface area contributed by atoms with Gasteiger partial charge in [0.1, 0.15) is 29.0 Å². The van der Waals surface area contributed by atoms with Gasteiger partial charge in [-0.2, -0.15) is 0 Å². The quantitative estimate of drug-likeness (QED) is 0.415. The zero-order valence-corrected chi connectivity index (χ0v) is 19.0. The van der Waals surface area contributed by atoms with Gasteiger partial charge < -0.3 is 4.55 Å². The van der Waals surface area contributed by atoms with Crippen LogP contribution in [0.3, 0.4) is 0 Å². The first-order valence-corrected chi connectivity index (χ1v) is 13.5. The lowest BCUT2D eigenvalue weighted by atomic mass is 10.2. The molecule has 0 heterocycles. The molecule has 0 N–H and O–H groups in total. The average molecular weight is 443 g/mol. The van der Waals surface area contributed by atoms with E-state index in [0.29, 0.717) is 24.9 Å². The van der Waals surface area contributed by atoms with Crippen molar-refractivity contribution in [3.8, 4) is 0 Å². The van der Waals surface area contributed by atoms with Gasteiger partial charge in [-0.25, -0.2) is 8.42 Å². The molecule has 0 aliphatic rings. The monoisotopic (exact) mass is 442 g/mol. The van der Waals surface area contributed by atoms with Crippen LogP contribution >= 0.6 is 7.26 Å². The third-order valence-electron chi connectivity index (χ3n) is 4.71. The lowest BCUT2D eigenvalue weighted by Gasteiger charge is -2.27. The maximum Gasteiger partial charge on any atom is 0.136 e. The summed E-state index contributed by atoms with van der Waals surface area (Å²) in [6.45, 7) is 1.95. The first-order chi connectivity index (χ1) is 14.3. The largest absolute Gasteiger partial charge is 0.748 e. The molecule has 0 saturated heterocycles. The van der Waals surface area contributed by atoms with E-state index >= 15 is 0 Å². The van der Waals surface area contributed by atoms with Gasteiger partial charge in [-0.15, -0.1) is 0 Å². The van der Waals surface area contributed by atoms with Crippen molar-refractivity contribution >= 4 is 39.1 Å². The standard InChI is InChI=1S/C23H24OP.CH4O3S/c1-2-20(24)18-19-25(21-12-6-3-7-13-21,22-14-8-4-9-15-22)23-16-10-5-11-17-23;1-5(2,3)4/h3-17H,2,18-19H2,1H3;1H3,(H,2,3,4)/q+1;/p-1. The molecule has 6 heteroatoms. The van der Waals surface area contributed by atoms with Gasteiger partial charge in [0, 0.05) is 19.1 Å². The first kappa shape index (κ1) is 23.9. The molecule has 3 aromatic rings. The molecule has 158 valence electrons. The van der Waals surface area contributed by atoms with Crippen LogP contribution in [-0.4, -0.2) is 31.2 Å². The molecule has 0 bridgehead atoms. The van der Waals surface area contributed by atoms with Crippen molar-refractivity contribution in [3.05, 3.63) is 91.0 Å². The van der Waals surface area contributed by atoms with Gasteiger partial charge in [-0.3, -0.25) is 4.79 Å². The summed E-state index contributed by atoms with van der Waals surface area (Å²) in [5, 5.41) is 4.03. The molecule has 0 aliphatic carbocycles. The highest BCUT2D eigenvalue weighted by molar-refractivity contribution is 7.95. The lowest BCUT2D eigenvalue weighted by molar-refractivity contribution is -0.118. The van der Waals surface area contributed by atoms with E-state index in [1.807, 2.05) is 6.92 Å². The minimum absolute atomic E-state index is 0.340. The van der Waals surface area contributed by atoms with Crippen LogP contribution in [0.4, 0.5) is 0 Å². The van der Waals surface area contributed by atoms with Crippen LogP contribution in [-0.2, 0) is 14.9 Å². The Bertz CT molecular complexity index is 916. The Hall–Kier alpha value is -2.33. The van der Waals surface area contributed by atoms with Crippen LogP contribution in [0.15, 0.2) is 91.0 Å². The van der Waals surface area contributed by atoms with E-state index in [0.717, 1.165) is 6.16 Å². The van der Waals surface area contributed by atoms with Crippen LogP contribution in [0, 0.1) is 0 Å². The van der Waals surface area contributed by atoms with Gasteiger partial charge in [-0.1, -0.05) is 61.5 Å². The number of Topliss-reactive ketones (excluding diaryl/α,β-unsaturated/α-hetero) is 1. The van der Waals surface area contributed by atoms with E-state index in [1.54, 1.807) is 0 Å². The molecule has 0 unspecified atom stereocenters. The highest BCUT2D eigenvalue weighted by Crippen LogP contribution is 2.55. The fourth-order valence-corrected chi connectivity index (χ4v) is 7.65. The molecule has 4 nitrogen and oxygen atoms in total. The fraction of sp³-hybridized carbons (Fsp3) is 0.208. The molecular weight excluding hydrogens is 415 g/mol. The Balaban J connectivity index is 0.000000575. The molecule has 0 aromatic heterocycles. The second kappa shape index (κ2) is 11.2. The molecule has 0 amide bonds. The van der Waals surface area contributed by atoms with E-state index in [1.165, 1.54) is 15.9 Å². The number of benzene rings is 3. The molecule has 0 aliphatic heterocycles. The summed E-state index contributed by atoms with van der Waals surface area (Å²) in [6, 6.07) is 32.2. The normalized spacial score (nSPS) is 11.3. The van der Waals surface area contributed by atoms with E-state index in [4.69, 9.17) is 13.0 Å². The average Bonchev–Trinajstić information content (AvgIpc) is 2.75. The zero-order valence-electron chi connectivity index (χ0n) is 17.3. The highest BCUT2D eigenvalue weighted by atomic mass is 32.2. The van der Waals surface area contributed by atoms with Crippen molar-refractivity contribution in [2.75, 3.05) is 12.4 Å². The lowest BCUT2D eigenvalue weighted by Crippen LogP contribution is -2.34. The number of carbonyl (C=O) groups excluding carboxylic acids is 1. The zero-order chi connectivity index (χ0) is 22.0. The topological polar surface area (TPSA) is 74.3 Å². The number of hydrogen-bond donors (Lipinski definition) is 0. The molecule has 0 saturated carbocycles. The number of rotatable bonds is 7. The Morgan fingerprint density at radius 2 is 1.07 bits per heavy atom. The molecular formula is C24H27O4PS. The minimum atomic E-state index is -3.92. The number of hydrogen-bond acceptors (Lipinski definition) is 4. The second-order valence-electron chi connectivity index (χ2n) is 6.89. The van der Waals surface area contributed by atoms with Crippen molar-refractivity contribution in [3.63, 3.8) is 0 Å².